The van der Waals surface area contributed by atoms with Crippen LogP contribution in [0.25, 0.3) is 0 Å². The molecule has 0 aromatic heterocycles. The van der Waals surface area contributed by atoms with E-state index in [9.17, 15) is 34.5 Å². The quantitative estimate of drug-likeness (QED) is 0.148. The first-order valence-electron chi connectivity index (χ1n) is 14.9. The fourth-order valence-electron chi connectivity index (χ4n) is 11.4. The minimum Gasteiger partial charge on any atom is -0.458 e. The highest BCUT2D eigenvalue weighted by Gasteiger charge is 2.97. The topological polar surface area (TPSA) is 191 Å². The molecule has 10 rings (SSSR count). The second-order valence-corrected chi connectivity index (χ2v) is 15.3. The van der Waals surface area contributed by atoms with Gasteiger partial charge in [0, 0.05) is 24.7 Å². The lowest BCUT2D eigenvalue weighted by Gasteiger charge is -2.53. The third-order valence-electron chi connectivity index (χ3n) is 13.4. The fourth-order valence-corrected chi connectivity index (χ4v) is 11.4. The van der Waals surface area contributed by atoms with E-state index in [4.69, 9.17) is 28.4 Å². The first-order chi connectivity index (χ1) is 19.9. The highest BCUT2D eigenvalue weighted by molar-refractivity contribution is 8.93. The molecule has 0 amide bonds. The molecule has 14 heteroatoms. The van der Waals surface area contributed by atoms with Gasteiger partial charge in [0.25, 0.3) is 0 Å². The Morgan fingerprint density at radius 3 is 1.70 bits per heavy atom. The van der Waals surface area contributed by atoms with Crippen molar-refractivity contribution in [2.24, 2.45) is 34.5 Å². The minimum absolute atomic E-state index is 0. The van der Waals surface area contributed by atoms with Gasteiger partial charge in [-0.1, -0.05) is 12.2 Å². The zero-order chi connectivity index (χ0) is 30.8. The van der Waals surface area contributed by atoms with Crippen molar-refractivity contribution in [1.82, 2.24) is 0 Å². The maximum Gasteiger partial charge on any atom is 0.342 e. The van der Waals surface area contributed by atoms with Gasteiger partial charge >= 0.3 is 23.9 Å². The SMILES string of the molecule is Br.C=C(C)[C@@H]1[C@@H]2OC(=O)[C@H]1[C@@]1(O)C[C@H]3O[C@]34C(=O)O[C@H]2[C@@]41C.CC(C)(O)[C@@H]1[C@@H]2OC(=O)[C@H]1[C@@]1(O)C[C@H]3O[C@]34C(=O)O[C@H]2[C@@]41C. The Labute approximate surface area is 262 Å². The van der Waals surface area contributed by atoms with E-state index in [2.05, 4.69) is 6.58 Å². The van der Waals surface area contributed by atoms with Gasteiger partial charge in [0.15, 0.2) is 12.2 Å². The van der Waals surface area contributed by atoms with Crippen LogP contribution in [-0.2, 0) is 47.6 Å². The van der Waals surface area contributed by atoms with Gasteiger partial charge in [-0.3, -0.25) is 9.59 Å². The number of ether oxygens (including phenoxy) is 6. The second-order valence-electron chi connectivity index (χ2n) is 15.3. The Bertz CT molecular complexity index is 1510. The maximum atomic E-state index is 12.4. The Kier molecular flexibility index (Phi) is 5.03. The van der Waals surface area contributed by atoms with Crippen molar-refractivity contribution in [2.75, 3.05) is 0 Å². The van der Waals surface area contributed by atoms with Gasteiger partial charge in [0.05, 0.1) is 39.5 Å². The van der Waals surface area contributed by atoms with Gasteiger partial charge in [-0.15, -0.1) is 17.0 Å². The lowest BCUT2D eigenvalue weighted by atomic mass is 9.52. The van der Waals surface area contributed by atoms with E-state index in [0.717, 1.165) is 5.57 Å². The van der Waals surface area contributed by atoms with Gasteiger partial charge in [0.2, 0.25) is 11.2 Å². The number of fused-ring (bicyclic) bond motifs is 8. The summed E-state index contributed by atoms with van der Waals surface area (Å²) in [4.78, 5) is 49.4. The van der Waals surface area contributed by atoms with Crippen LogP contribution in [0.15, 0.2) is 12.2 Å². The van der Waals surface area contributed by atoms with Crippen molar-refractivity contribution in [3.05, 3.63) is 12.2 Å². The highest BCUT2D eigenvalue weighted by atomic mass is 79.9. The van der Waals surface area contributed by atoms with Crippen molar-refractivity contribution >= 4 is 40.9 Å². The van der Waals surface area contributed by atoms with Crippen LogP contribution in [0.3, 0.4) is 0 Å². The van der Waals surface area contributed by atoms with E-state index in [-0.39, 0.29) is 41.8 Å². The summed E-state index contributed by atoms with van der Waals surface area (Å²) in [6.07, 6.45) is -3.12. The molecule has 13 nitrogen and oxygen atoms in total. The number of hydrogen-bond donors (Lipinski definition) is 3. The molecule has 10 aliphatic rings. The summed E-state index contributed by atoms with van der Waals surface area (Å²) in [5.74, 6) is -4.37. The average Bonchev–Trinajstić information content (AvgIpc) is 3.58. The number of carbonyl (C=O) groups is 4. The molecular weight excluding hydrogens is 648 g/mol. The minimum atomic E-state index is -1.47. The first kappa shape index (κ1) is 29.3. The van der Waals surface area contributed by atoms with Crippen LogP contribution in [0.4, 0.5) is 0 Å². The van der Waals surface area contributed by atoms with Crippen molar-refractivity contribution in [2.45, 2.75) is 112 Å². The van der Waals surface area contributed by atoms with E-state index >= 15 is 0 Å². The van der Waals surface area contributed by atoms with Gasteiger partial charge in [0.1, 0.15) is 24.4 Å². The lowest BCUT2D eigenvalue weighted by molar-refractivity contribution is -0.223. The highest BCUT2D eigenvalue weighted by Crippen LogP contribution is 2.78. The molecule has 6 heterocycles. The predicted molar refractivity (Wildman–Crippen MR) is 145 cm³/mol. The van der Waals surface area contributed by atoms with Crippen molar-refractivity contribution in [1.29, 1.82) is 0 Å². The largest absolute Gasteiger partial charge is 0.458 e. The molecule has 4 aliphatic carbocycles. The zero-order valence-corrected chi connectivity index (χ0v) is 26.4. The number of esters is 4. The van der Waals surface area contributed by atoms with Crippen molar-refractivity contribution in [3.63, 3.8) is 0 Å². The number of halogens is 1. The van der Waals surface area contributed by atoms with Crippen LogP contribution in [0, 0.1) is 34.5 Å². The molecule has 240 valence electrons. The summed E-state index contributed by atoms with van der Waals surface area (Å²) in [5, 5.41) is 33.3. The van der Waals surface area contributed by atoms with Crippen LogP contribution in [0.1, 0.15) is 47.5 Å². The summed E-state index contributed by atoms with van der Waals surface area (Å²) >= 11 is 0. The molecular formula is C30H35BrO13. The Hall–Kier alpha value is -2.10. The fraction of sp³-hybridized carbons (Fsp3) is 0.800. The summed E-state index contributed by atoms with van der Waals surface area (Å²) in [6, 6.07) is 0. The summed E-state index contributed by atoms with van der Waals surface area (Å²) in [7, 11) is 0. The van der Waals surface area contributed by atoms with Gasteiger partial charge in [-0.2, -0.15) is 0 Å². The second kappa shape index (κ2) is 7.54. The molecule has 16 atom stereocenters. The summed E-state index contributed by atoms with van der Waals surface area (Å²) in [6.45, 7) is 12.5. The molecule has 10 fully saturated rings. The van der Waals surface area contributed by atoms with Crippen molar-refractivity contribution in [3.8, 4) is 0 Å². The molecule has 0 unspecified atom stereocenters. The number of epoxide rings is 2. The monoisotopic (exact) mass is 682 g/mol. The number of aliphatic hydroxyl groups is 3. The normalized spacial score (nSPS) is 59.9. The smallest absolute Gasteiger partial charge is 0.342 e. The van der Waals surface area contributed by atoms with Crippen LogP contribution in [0.5, 0.6) is 0 Å². The molecule has 2 spiro atoms. The molecule has 0 aromatic rings. The van der Waals surface area contributed by atoms with E-state index in [1.165, 1.54) is 0 Å². The molecule has 3 N–H and O–H groups in total. The van der Waals surface area contributed by atoms with E-state index in [1.807, 2.05) is 6.92 Å². The van der Waals surface area contributed by atoms with Gasteiger partial charge in [-0.25, -0.2) is 9.59 Å². The van der Waals surface area contributed by atoms with Crippen LogP contribution in [-0.4, -0.2) is 104 Å². The number of hydrogen-bond acceptors (Lipinski definition) is 13. The summed E-state index contributed by atoms with van der Waals surface area (Å²) < 4.78 is 33.2. The first-order valence-corrected chi connectivity index (χ1v) is 14.9. The number of carbonyl (C=O) groups excluding carboxylic acids is 4. The van der Waals surface area contributed by atoms with Crippen LogP contribution >= 0.6 is 17.0 Å². The third kappa shape index (κ3) is 2.48. The number of rotatable bonds is 2. The standard InChI is InChI=1S/C15H18O7.C15H16O6.BrH/c1-12(2,18)6-7-10(16)20-8(6)9-13(3)14(7,19)4-5-15(13,22-5)11(17)21-9;1-5(2)7-8-11(16)19-9(7)10-13(3)14(8,18)4-6-15(13,21-6)12(17)20-10;/h5-9,18-19H,4H2,1-3H3;6-10,18H,1,4H2,2-3H3;1H/t5-,6+,7+,8+,9-,13-,14+,15+;6-,7+,8+,9+,10-,13-,14+,15+;/m11./s1. The molecule has 44 heavy (non-hydrogen) atoms. The van der Waals surface area contributed by atoms with E-state index in [1.54, 1.807) is 27.7 Å². The third-order valence-corrected chi connectivity index (χ3v) is 13.4. The predicted octanol–water partition coefficient (Wildman–Crippen LogP) is -0.351. The average molecular weight is 684 g/mol. The molecule has 0 aromatic carbocycles. The van der Waals surface area contributed by atoms with Crippen LogP contribution in [0.2, 0.25) is 0 Å². The Balaban J connectivity index is 0.000000129. The molecule has 4 bridgehead atoms. The van der Waals surface area contributed by atoms with Gasteiger partial charge < -0.3 is 43.7 Å². The Morgan fingerprint density at radius 1 is 0.795 bits per heavy atom. The van der Waals surface area contributed by atoms with Crippen LogP contribution < -0.4 is 0 Å². The van der Waals surface area contributed by atoms with E-state index < -0.39 is 111 Å². The lowest BCUT2D eigenvalue weighted by Crippen LogP contribution is -2.68. The molecule has 6 aliphatic heterocycles. The van der Waals surface area contributed by atoms with Gasteiger partial charge in [-0.05, 0) is 34.6 Å². The maximum absolute atomic E-state index is 12.4. The summed E-state index contributed by atoms with van der Waals surface area (Å²) in [5.41, 5.74) is -7.49. The molecule has 0 radical (unpaired) electrons. The van der Waals surface area contributed by atoms with E-state index in [0.29, 0.717) is 0 Å². The van der Waals surface area contributed by atoms with Crippen molar-refractivity contribution < 1.29 is 62.9 Å². The molecule has 4 saturated carbocycles. The molecule has 6 saturated heterocycles. The zero-order valence-electron chi connectivity index (χ0n) is 24.7. The Morgan fingerprint density at radius 2 is 1.23 bits per heavy atom.